The van der Waals surface area contributed by atoms with Crippen molar-refractivity contribution in [2.24, 2.45) is 0 Å². The Balaban J connectivity index is 1.63. The third-order valence-corrected chi connectivity index (χ3v) is 4.71. The van der Waals surface area contributed by atoms with E-state index in [0.29, 0.717) is 17.9 Å². The number of ether oxygens (including phenoxy) is 1. The van der Waals surface area contributed by atoms with Gasteiger partial charge in [0.2, 0.25) is 0 Å². The van der Waals surface area contributed by atoms with Gasteiger partial charge < -0.3 is 4.74 Å². The number of hydrogen-bond donors (Lipinski definition) is 0. The Morgan fingerprint density at radius 1 is 0.862 bits per heavy atom. The number of allylic oxidation sites excluding steroid dienone is 1. The number of rotatable bonds is 5. The van der Waals surface area contributed by atoms with E-state index in [4.69, 9.17) is 4.74 Å². The van der Waals surface area contributed by atoms with E-state index in [0.717, 1.165) is 27.5 Å². The first-order valence-electron chi connectivity index (χ1n) is 9.30. The molecule has 3 heteroatoms. The standard InChI is InChI=1S/C26H18FNO/c27-25-13-9-19(10-14-25)18-29-26-8-4-3-7-23(26)16-24(17-28)22-12-11-20-5-1-2-6-21(20)15-22/h1-16H,18H2. The second-order valence-corrected chi connectivity index (χ2v) is 6.68. The molecule has 0 radical (unpaired) electrons. The zero-order chi connectivity index (χ0) is 20.1. The summed E-state index contributed by atoms with van der Waals surface area (Å²) >= 11 is 0. The molecule has 0 heterocycles. The lowest BCUT2D eigenvalue weighted by Gasteiger charge is -2.10. The van der Waals surface area contributed by atoms with Crippen molar-refractivity contribution in [1.82, 2.24) is 0 Å². The summed E-state index contributed by atoms with van der Waals surface area (Å²) in [5.74, 6) is 0.400. The van der Waals surface area contributed by atoms with Crippen molar-refractivity contribution in [2.45, 2.75) is 6.61 Å². The van der Waals surface area contributed by atoms with E-state index in [1.807, 2.05) is 72.8 Å². The van der Waals surface area contributed by atoms with E-state index in [9.17, 15) is 9.65 Å². The van der Waals surface area contributed by atoms with E-state index >= 15 is 0 Å². The Labute approximate surface area is 169 Å². The highest BCUT2D eigenvalue weighted by atomic mass is 19.1. The fourth-order valence-electron chi connectivity index (χ4n) is 3.17. The molecule has 0 fully saturated rings. The third kappa shape index (κ3) is 4.34. The smallest absolute Gasteiger partial charge is 0.127 e. The Morgan fingerprint density at radius 2 is 1.59 bits per heavy atom. The lowest BCUT2D eigenvalue weighted by Crippen LogP contribution is -1.97. The summed E-state index contributed by atoms with van der Waals surface area (Å²) in [4.78, 5) is 0. The van der Waals surface area contributed by atoms with E-state index in [2.05, 4.69) is 6.07 Å². The highest BCUT2D eigenvalue weighted by molar-refractivity contribution is 5.94. The van der Waals surface area contributed by atoms with Gasteiger partial charge in [-0.15, -0.1) is 0 Å². The molecule has 4 rings (SSSR count). The van der Waals surface area contributed by atoms with Crippen LogP contribution in [-0.4, -0.2) is 0 Å². The number of para-hydroxylation sites is 1. The lowest BCUT2D eigenvalue weighted by molar-refractivity contribution is 0.305. The van der Waals surface area contributed by atoms with Crippen LogP contribution in [0.25, 0.3) is 22.4 Å². The first-order chi connectivity index (χ1) is 14.2. The minimum absolute atomic E-state index is 0.272. The Kier molecular flexibility index (Phi) is 5.36. The van der Waals surface area contributed by atoms with Crippen LogP contribution in [0.3, 0.4) is 0 Å². The minimum atomic E-state index is -0.272. The number of halogens is 1. The molecule has 0 saturated carbocycles. The van der Waals surface area contributed by atoms with Gasteiger partial charge in [0.1, 0.15) is 18.2 Å². The SMILES string of the molecule is N#CC(=Cc1ccccc1OCc1ccc(F)cc1)c1ccc2ccccc2c1. The average molecular weight is 379 g/mol. The molecule has 0 aliphatic rings. The highest BCUT2D eigenvalue weighted by Crippen LogP contribution is 2.27. The van der Waals surface area contributed by atoms with Crippen molar-refractivity contribution in [3.05, 3.63) is 114 Å². The molecule has 4 aromatic rings. The van der Waals surface area contributed by atoms with Crippen LogP contribution in [0.15, 0.2) is 91.0 Å². The third-order valence-electron chi connectivity index (χ3n) is 4.71. The molecule has 0 spiro atoms. The van der Waals surface area contributed by atoms with Crippen LogP contribution in [0.5, 0.6) is 5.75 Å². The molecule has 140 valence electrons. The highest BCUT2D eigenvalue weighted by Gasteiger charge is 2.07. The summed E-state index contributed by atoms with van der Waals surface area (Å²) in [7, 11) is 0. The van der Waals surface area contributed by atoms with Gasteiger partial charge in [-0.3, -0.25) is 0 Å². The van der Waals surface area contributed by atoms with Crippen LogP contribution < -0.4 is 4.74 Å². The van der Waals surface area contributed by atoms with Crippen molar-refractivity contribution < 1.29 is 9.13 Å². The minimum Gasteiger partial charge on any atom is -0.488 e. The molecule has 0 unspecified atom stereocenters. The van der Waals surface area contributed by atoms with Crippen molar-refractivity contribution in [3.8, 4) is 11.8 Å². The second-order valence-electron chi connectivity index (χ2n) is 6.68. The van der Waals surface area contributed by atoms with Gasteiger partial charge in [0.25, 0.3) is 0 Å². The number of hydrogen-bond acceptors (Lipinski definition) is 2. The predicted molar refractivity (Wildman–Crippen MR) is 115 cm³/mol. The molecule has 4 aromatic carbocycles. The van der Waals surface area contributed by atoms with Gasteiger partial charge >= 0.3 is 0 Å². The number of fused-ring (bicyclic) bond motifs is 1. The molecule has 0 aromatic heterocycles. The van der Waals surface area contributed by atoms with Gasteiger partial charge in [-0.25, -0.2) is 4.39 Å². The number of benzene rings is 4. The van der Waals surface area contributed by atoms with Crippen molar-refractivity contribution in [3.63, 3.8) is 0 Å². The van der Waals surface area contributed by atoms with E-state index in [1.54, 1.807) is 12.1 Å². The molecule has 0 bridgehead atoms. The Morgan fingerprint density at radius 3 is 2.38 bits per heavy atom. The van der Waals surface area contributed by atoms with Crippen molar-refractivity contribution in [1.29, 1.82) is 5.26 Å². The molecule has 0 amide bonds. The van der Waals surface area contributed by atoms with E-state index in [1.165, 1.54) is 12.1 Å². The normalized spacial score (nSPS) is 11.2. The second kappa shape index (κ2) is 8.41. The van der Waals surface area contributed by atoms with Gasteiger partial charge in [0.05, 0.1) is 11.6 Å². The van der Waals surface area contributed by atoms with E-state index in [-0.39, 0.29) is 5.82 Å². The zero-order valence-corrected chi connectivity index (χ0v) is 15.7. The van der Waals surface area contributed by atoms with Crippen molar-refractivity contribution >= 4 is 22.4 Å². The summed E-state index contributed by atoms with van der Waals surface area (Å²) in [6.45, 7) is 0.322. The van der Waals surface area contributed by atoms with Crippen molar-refractivity contribution in [2.75, 3.05) is 0 Å². The largest absolute Gasteiger partial charge is 0.488 e. The van der Waals surface area contributed by atoms with Crippen LogP contribution in [-0.2, 0) is 6.61 Å². The predicted octanol–water partition coefficient (Wildman–Crippen LogP) is 6.62. The van der Waals surface area contributed by atoms with Crippen LogP contribution in [0.4, 0.5) is 4.39 Å². The summed E-state index contributed by atoms with van der Waals surface area (Å²) in [5, 5.41) is 12.0. The van der Waals surface area contributed by atoms with Crippen LogP contribution in [0.1, 0.15) is 16.7 Å². The van der Waals surface area contributed by atoms with E-state index < -0.39 is 0 Å². The van der Waals surface area contributed by atoms with Crippen LogP contribution in [0, 0.1) is 17.1 Å². The van der Waals surface area contributed by atoms with Gasteiger partial charge in [-0.2, -0.15) is 5.26 Å². The summed E-state index contributed by atoms with van der Waals surface area (Å²) < 4.78 is 19.0. The molecule has 0 aliphatic heterocycles. The quantitative estimate of drug-likeness (QED) is 0.288. The average Bonchev–Trinajstić information content (AvgIpc) is 2.77. The molecule has 0 saturated heterocycles. The first-order valence-corrected chi connectivity index (χ1v) is 9.30. The fourth-order valence-corrected chi connectivity index (χ4v) is 3.17. The molecular formula is C26H18FNO. The lowest BCUT2D eigenvalue weighted by atomic mass is 10.00. The van der Waals surface area contributed by atoms with Crippen LogP contribution >= 0.6 is 0 Å². The van der Waals surface area contributed by atoms with Gasteiger partial charge in [-0.05, 0) is 52.2 Å². The molecule has 29 heavy (non-hydrogen) atoms. The maximum atomic E-state index is 13.1. The number of nitriles is 1. The summed E-state index contributed by atoms with van der Waals surface area (Å²) in [6, 6.07) is 30.2. The van der Waals surface area contributed by atoms with Gasteiger partial charge in [-0.1, -0.05) is 66.7 Å². The molecule has 0 N–H and O–H groups in total. The number of nitrogens with zero attached hydrogens (tertiary/aromatic N) is 1. The molecule has 2 nitrogen and oxygen atoms in total. The molecule has 0 atom stereocenters. The Hall–Kier alpha value is -3.90. The maximum Gasteiger partial charge on any atom is 0.127 e. The molecule has 0 aliphatic carbocycles. The molecular weight excluding hydrogens is 361 g/mol. The summed E-state index contributed by atoms with van der Waals surface area (Å²) in [6.07, 6.45) is 1.84. The van der Waals surface area contributed by atoms with Gasteiger partial charge in [0, 0.05) is 5.56 Å². The first kappa shape index (κ1) is 18.5. The topological polar surface area (TPSA) is 33.0 Å². The maximum absolute atomic E-state index is 13.1. The monoisotopic (exact) mass is 379 g/mol. The summed E-state index contributed by atoms with van der Waals surface area (Å²) in [5.41, 5.74) is 3.12. The Bertz CT molecular complexity index is 1220. The fraction of sp³-hybridized carbons (Fsp3) is 0.0385. The van der Waals surface area contributed by atoms with Crippen LogP contribution in [0.2, 0.25) is 0 Å². The van der Waals surface area contributed by atoms with Gasteiger partial charge in [0.15, 0.2) is 0 Å². The zero-order valence-electron chi connectivity index (χ0n) is 15.7.